The lowest BCUT2D eigenvalue weighted by Gasteiger charge is -2.30. The van der Waals surface area contributed by atoms with E-state index in [1.54, 1.807) is 0 Å². The molecule has 0 aromatic rings. The molecule has 0 N–H and O–H groups in total. The first-order valence-corrected chi connectivity index (χ1v) is 3.46. The highest BCUT2D eigenvalue weighted by Gasteiger charge is 2.21. The molecular weight excluding hydrogens is 128 g/mol. The van der Waals surface area contributed by atoms with Crippen LogP contribution in [-0.4, -0.2) is 37.2 Å². The van der Waals surface area contributed by atoms with Gasteiger partial charge in [-0.3, -0.25) is 0 Å². The second-order valence-corrected chi connectivity index (χ2v) is 2.79. The van der Waals surface area contributed by atoms with Gasteiger partial charge in [0.05, 0.1) is 12.2 Å². The van der Waals surface area contributed by atoms with Crippen molar-refractivity contribution in [3.63, 3.8) is 0 Å². The maximum Gasteiger partial charge on any atom is 0.156 e. The molecule has 56 valence electrons. The number of hydrogen-bond acceptors (Lipinski definition) is 3. The van der Waals surface area contributed by atoms with Crippen LogP contribution in [-0.2, 0) is 4.74 Å². The summed E-state index contributed by atoms with van der Waals surface area (Å²) in [6, 6.07) is 2.10. The van der Waals surface area contributed by atoms with Gasteiger partial charge in [0.15, 0.2) is 6.10 Å². The molecule has 10 heavy (non-hydrogen) atoms. The predicted molar refractivity (Wildman–Crippen MR) is 37.4 cm³/mol. The molecule has 1 aliphatic rings. The van der Waals surface area contributed by atoms with Crippen LogP contribution in [0.15, 0.2) is 0 Å². The molecule has 0 aromatic carbocycles. The zero-order valence-corrected chi connectivity index (χ0v) is 6.37. The van der Waals surface area contributed by atoms with E-state index in [9.17, 15) is 0 Å². The summed E-state index contributed by atoms with van der Waals surface area (Å²) < 4.78 is 5.30. The lowest BCUT2D eigenvalue weighted by molar-refractivity contribution is -0.0432. The van der Waals surface area contributed by atoms with Crippen molar-refractivity contribution in [3.05, 3.63) is 0 Å². The van der Waals surface area contributed by atoms with Crippen molar-refractivity contribution in [1.29, 1.82) is 5.26 Å². The zero-order valence-electron chi connectivity index (χ0n) is 6.37. The lowest BCUT2D eigenvalue weighted by atomic mass is 10.2. The minimum Gasteiger partial charge on any atom is -0.358 e. The average Bonchev–Trinajstić information content (AvgIpc) is 1.85. The summed E-state index contributed by atoms with van der Waals surface area (Å²) in [5, 5.41) is 8.52. The van der Waals surface area contributed by atoms with Gasteiger partial charge in [-0.2, -0.15) is 5.26 Å². The van der Waals surface area contributed by atoms with Crippen LogP contribution >= 0.6 is 0 Å². The Bertz CT molecular complexity index is 142. The summed E-state index contributed by atoms with van der Waals surface area (Å²) in [7, 11) is 2.00. The van der Waals surface area contributed by atoms with E-state index < -0.39 is 0 Å². The Hall–Kier alpha value is -0.590. The first-order chi connectivity index (χ1) is 4.72. The highest BCUT2D eigenvalue weighted by atomic mass is 16.5. The summed E-state index contributed by atoms with van der Waals surface area (Å²) in [6.45, 7) is 3.65. The van der Waals surface area contributed by atoms with Gasteiger partial charge in [-0.1, -0.05) is 0 Å². The van der Waals surface area contributed by atoms with Gasteiger partial charge >= 0.3 is 0 Å². The summed E-state index contributed by atoms with van der Waals surface area (Å²) in [4.78, 5) is 2.11. The number of rotatable bonds is 0. The molecule has 1 aliphatic heterocycles. The maximum atomic E-state index is 8.52. The second-order valence-electron chi connectivity index (χ2n) is 2.79. The fraction of sp³-hybridized carbons (Fsp3) is 0.857. The molecule has 0 aromatic heterocycles. The minimum atomic E-state index is -0.228. The van der Waals surface area contributed by atoms with E-state index >= 15 is 0 Å². The molecule has 1 heterocycles. The Morgan fingerprint density at radius 1 is 1.60 bits per heavy atom. The first kappa shape index (κ1) is 7.52. The van der Waals surface area contributed by atoms with Crippen molar-refractivity contribution >= 4 is 0 Å². The third-order valence-corrected chi connectivity index (χ3v) is 1.59. The van der Waals surface area contributed by atoms with Crippen LogP contribution in [0.25, 0.3) is 0 Å². The molecule has 0 aliphatic carbocycles. The summed E-state index contributed by atoms with van der Waals surface area (Å²) in [5.41, 5.74) is 0. The fourth-order valence-electron chi connectivity index (χ4n) is 1.23. The molecular formula is C7H12N2O. The molecule has 3 heteroatoms. The number of nitriles is 1. The molecule has 0 amide bonds. The molecule has 1 saturated heterocycles. The molecule has 1 fully saturated rings. The number of ether oxygens (including phenoxy) is 1. The van der Waals surface area contributed by atoms with Gasteiger partial charge in [-0.05, 0) is 14.0 Å². The fourth-order valence-corrected chi connectivity index (χ4v) is 1.23. The summed E-state index contributed by atoms with van der Waals surface area (Å²) >= 11 is 0. The van der Waals surface area contributed by atoms with Crippen LogP contribution in [0.1, 0.15) is 6.92 Å². The van der Waals surface area contributed by atoms with Gasteiger partial charge in [0.1, 0.15) is 0 Å². The van der Waals surface area contributed by atoms with Crippen molar-refractivity contribution in [2.75, 3.05) is 20.1 Å². The van der Waals surface area contributed by atoms with Gasteiger partial charge in [0.2, 0.25) is 0 Å². The molecule has 3 nitrogen and oxygen atoms in total. The summed E-state index contributed by atoms with van der Waals surface area (Å²) in [6.07, 6.45) is -0.0304. The van der Waals surface area contributed by atoms with Crippen LogP contribution in [0.2, 0.25) is 0 Å². The first-order valence-electron chi connectivity index (χ1n) is 3.46. The molecule has 2 atom stereocenters. The van der Waals surface area contributed by atoms with Crippen LogP contribution in [0.3, 0.4) is 0 Å². The number of hydrogen-bond donors (Lipinski definition) is 0. The van der Waals surface area contributed by atoms with E-state index in [1.165, 1.54) is 0 Å². The standard InChI is InChI=1S/C7H12N2O/c1-6-4-9(2)5-7(3-8)10-6/h6-7H,4-5H2,1-2H3. The smallest absolute Gasteiger partial charge is 0.156 e. The van der Waals surface area contributed by atoms with Gasteiger partial charge in [0, 0.05) is 13.1 Å². The lowest BCUT2D eigenvalue weighted by Crippen LogP contribution is -2.43. The topological polar surface area (TPSA) is 36.3 Å². The van der Waals surface area contributed by atoms with E-state index in [0.717, 1.165) is 13.1 Å². The molecule has 1 rings (SSSR count). The van der Waals surface area contributed by atoms with E-state index in [1.807, 2.05) is 14.0 Å². The van der Waals surface area contributed by atoms with Gasteiger partial charge < -0.3 is 9.64 Å². The zero-order chi connectivity index (χ0) is 7.56. The third kappa shape index (κ3) is 1.69. The molecule has 2 unspecified atom stereocenters. The molecule has 0 spiro atoms. The van der Waals surface area contributed by atoms with Gasteiger partial charge in [-0.25, -0.2) is 0 Å². The van der Waals surface area contributed by atoms with Gasteiger partial charge in [-0.15, -0.1) is 0 Å². The number of nitrogens with zero attached hydrogens (tertiary/aromatic N) is 2. The SMILES string of the molecule is CC1CN(C)CC(C#N)O1. The Balaban J connectivity index is 2.44. The van der Waals surface area contributed by atoms with Crippen LogP contribution in [0.4, 0.5) is 0 Å². The van der Waals surface area contributed by atoms with Crippen molar-refractivity contribution in [2.45, 2.75) is 19.1 Å². The quantitative estimate of drug-likeness (QED) is 0.483. The van der Waals surface area contributed by atoms with Crippen LogP contribution in [0, 0.1) is 11.3 Å². The molecule has 0 saturated carbocycles. The second kappa shape index (κ2) is 3.00. The third-order valence-electron chi connectivity index (χ3n) is 1.59. The Kier molecular flexibility index (Phi) is 2.25. The average molecular weight is 140 g/mol. The summed E-state index contributed by atoms with van der Waals surface area (Å²) in [5.74, 6) is 0. The Morgan fingerprint density at radius 2 is 2.30 bits per heavy atom. The monoisotopic (exact) mass is 140 g/mol. The maximum absolute atomic E-state index is 8.52. The largest absolute Gasteiger partial charge is 0.358 e. The van der Waals surface area contributed by atoms with Crippen LogP contribution < -0.4 is 0 Å². The number of likely N-dealkylation sites (N-methyl/N-ethyl adjacent to an activating group) is 1. The van der Waals surface area contributed by atoms with Crippen molar-refractivity contribution in [2.24, 2.45) is 0 Å². The van der Waals surface area contributed by atoms with Crippen LogP contribution in [0.5, 0.6) is 0 Å². The van der Waals surface area contributed by atoms with E-state index in [-0.39, 0.29) is 12.2 Å². The highest BCUT2D eigenvalue weighted by Crippen LogP contribution is 2.07. The van der Waals surface area contributed by atoms with E-state index in [0.29, 0.717) is 0 Å². The van der Waals surface area contributed by atoms with Crippen molar-refractivity contribution < 1.29 is 4.74 Å². The predicted octanol–water partition coefficient (Wildman–Crippen LogP) is 0.229. The van der Waals surface area contributed by atoms with Crippen molar-refractivity contribution in [1.82, 2.24) is 4.90 Å². The molecule has 0 bridgehead atoms. The van der Waals surface area contributed by atoms with Gasteiger partial charge in [0.25, 0.3) is 0 Å². The molecule has 0 radical (unpaired) electrons. The normalized spacial score (nSPS) is 35.3. The Labute approximate surface area is 61.2 Å². The number of morpholine rings is 1. The Morgan fingerprint density at radius 3 is 2.80 bits per heavy atom. The highest BCUT2D eigenvalue weighted by molar-refractivity contribution is 4.89. The minimum absolute atomic E-state index is 0.198. The van der Waals surface area contributed by atoms with E-state index in [4.69, 9.17) is 10.00 Å². The van der Waals surface area contributed by atoms with E-state index in [2.05, 4.69) is 11.0 Å². The van der Waals surface area contributed by atoms with Crippen molar-refractivity contribution in [3.8, 4) is 6.07 Å².